The average molecular weight is 398 g/mol. The number of nitrogens with one attached hydrogen (secondary N) is 3. The number of aromatic amines is 1. The second kappa shape index (κ2) is 8.40. The van der Waals surface area contributed by atoms with Gasteiger partial charge in [0, 0.05) is 16.6 Å². The first-order valence-corrected chi connectivity index (χ1v) is 9.32. The lowest BCUT2D eigenvalue weighted by atomic mass is 10.1. The van der Waals surface area contributed by atoms with E-state index in [1.807, 2.05) is 30.3 Å². The Hall–Kier alpha value is -4.26. The van der Waals surface area contributed by atoms with E-state index >= 15 is 0 Å². The molecule has 7 heteroatoms. The topological polar surface area (TPSA) is 104 Å². The third-order valence-electron chi connectivity index (χ3n) is 4.51. The van der Waals surface area contributed by atoms with Crippen molar-refractivity contribution in [2.75, 3.05) is 10.6 Å². The molecular formula is C23H18N4O3. The number of nitrogens with zero attached hydrogens (tertiary/aromatic N) is 1. The van der Waals surface area contributed by atoms with Crippen molar-refractivity contribution in [2.45, 2.75) is 6.42 Å². The minimum Gasteiger partial charge on any atom is -0.324 e. The van der Waals surface area contributed by atoms with Crippen LogP contribution in [0.1, 0.15) is 15.9 Å². The van der Waals surface area contributed by atoms with Crippen LogP contribution in [0.2, 0.25) is 0 Å². The lowest BCUT2D eigenvalue weighted by molar-refractivity contribution is -0.115. The van der Waals surface area contributed by atoms with Crippen molar-refractivity contribution in [3.63, 3.8) is 0 Å². The van der Waals surface area contributed by atoms with Gasteiger partial charge in [0.1, 0.15) is 5.82 Å². The van der Waals surface area contributed by atoms with Gasteiger partial charge in [0.05, 0.1) is 18.3 Å². The zero-order chi connectivity index (χ0) is 20.9. The van der Waals surface area contributed by atoms with E-state index in [-0.39, 0.29) is 23.8 Å². The van der Waals surface area contributed by atoms with Gasteiger partial charge in [-0.05, 0) is 41.8 Å². The average Bonchev–Trinajstić information content (AvgIpc) is 2.76. The number of aromatic nitrogens is 2. The molecule has 30 heavy (non-hydrogen) atoms. The van der Waals surface area contributed by atoms with Gasteiger partial charge in [-0.2, -0.15) is 0 Å². The molecule has 148 valence electrons. The van der Waals surface area contributed by atoms with Gasteiger partial charge in [0.15, 0.2) is 0 Å². The Morgan fingerprint density at radius 2 is 1.67 bits per heavy atom. The summed E-state index contributed by atoms with van der Waals surface area (Å²) in [4.78, 5) is 43.6. The predicted molar refractivity (Wildman–Crippen MR) is 116 cm³/mol. The van der Waals surface area contributed by atoms with Crippen molar-refractivity contribution < 1.29 is 9.59 Å². The van der Waals surface area contributed by atoms with Gasteiger partial charge in [-0.15, -0.1) is 0 Å². The molecule has 2 heterocycles. The van der Waals surface area contributed by atoms with Crippen LogP contribution < -0.4 is 16.2 Å². The number of rotatable bonds is 5. The minimum atomic E-state index is -0.335. The quantitative estimate of drug-likeness (QED) is 0.479. The van der Waals surface area contributed by atoms with Crippen molar-refractivity contribution in [3.8, 4) is 0 Å². The molecule has 0 fully saturated rings. The predicted octanol–water partition coefficient (Wildman–Crippen LogP) is 3.36. The highest BCUT2D eigenvalue weighted by Gasteiger charge is 2.10. The zero-order valence-corrected chi connectivity index (χ0v) is 15.9. The Morgan fingerprint density at radius 1 is 0.900 bits per heavy atom. The molecular weight excluding hydrogens is 380 g/mol. The summed E-state index contributed by atoms with van der Waals surface area (Å²) in [5.41, 5.74) is 1.81. The van der Waals surface area contributed by atoms with Crippen molar-refractivity contribution in [3.05, 3.63) is 100 Å². The van der Waals surface area contributed by atoms with Gasteiger partial charge in [0.25, 0.3) is 11.5 Å². The number of anilines is 2. The third kappa shape index (κ3) is 4.41. The molecule has 0 unspecified atom stereocenters. The van der Waals surface area contributed by atoms with E-state index in [1.165, 1.54) is 6.20 Å². The molecule has 0 aliphatic heterocycles. The van der Waals surface area contributed by atoms with Crippen molar-refractivity contribution in [2.24, 2.45) is 0 Å². The maximum absolute atomic E-state index is 12.4. The second-order valence-electron chi connectivity index (χ2n) is 6.69. The highest BCUT2D eigenvalue weighted by Crippen LogP contribution is 2.13. The highest BCUT2D eigenvalue weighted by molar-refractivity contribution is 6.03. The van der Waals surface area contributed by atoms with Crippen LogP contribution in [0.4, 0.5) is 11.5 Å². The van der Waals surface area contributed by atoms with Crippen molar-refractivity contribution in [1.29, 1.82) is 0 Å². The van der Waals surface area contributed by atoms with E-state index in [9.17, 15) is 14.4 Å². The summed E-state index contributed by atoms with van der Waals surface area (Å²) in [5, 5.41) is 6.27. The first-order valence-electron chi connectivity index (χ1n) is 9.32. The van der Waals surface area contributed by atoms with Crippen LogP contribution in [0, 0.1) is 0 Å². The van der Waals surface area contributed by atoms with Crippen LogP contribution >= 0.6 is 0 Å². The summed E-state index contributed by atoms with van der Waals surface area (Å²) in [5.74, 6) is -0.234. The maximum atomic E-state index is 12.4. The van der Waals surface area contributed by atoms with E-state index in [2.05, 4.69) is 20.6 Å². The summed E-state index contributed by atoms with van der Waals surface area (Å²) in [6.45, 7) is 0. The SMILES string of the molecule is O=C(Cc1cc2ccccc2[nH]c1=O)Nc1ccc(NC(=O)c2ccccc2)nc1. The van der Waals surface area contributed by atoms with Gasteiger partial charge >= 0.3 is 0 Å². The summed E-state index contributed by atoms with van der Waals surface area (Å²) in [6.07, 6.45) is 1.38. The van der Waals surface area contributed by atoms with Crippen LogP contribution in [0.15, 0.2) is 83.8 Å². The van der Waals surface area contributed by atoms with E-state index in [0.717, 1.165) is 10.9 Å². The standard InChI is InChI=1S/C23H18N4O3/c28-21(13-17-12-16-8-4-5-9-19(16)26-23(17)30)25-18-10-11-20(24-14-18)27-22(29)15-6-2-1-3-7-15/h1-12,14H,13H2,(H,25,28)(H,26,30)(H,24,27,29). The van der Waals surface area contributed by atoms with Gasteiger partial charge in [-0.3, -0.25) is 14.4 Å². The molecule has 4 aromatic rings. The molecule has 0 spiro atoms. The number of pyridine rings is 2. The van der Waals surface area contributed by atoms with Crippen LogP contribution in [0.3, 0.4) is 0 Å². The Balaban J connectivity index is 1.40. The molecule has 4 rings (SSSR count). The first kappa shape index (κ1) is 19.1. The van der Waals surface area contributed by atoms with Gasteiger partial charge < -0.3 is 15.6 Å². The van der Waals surface area contributed by atoms with Gasteiger partial charge in [0.2, 0.25) is 5.91 Å². The minimum absolute atomic E-state index is 0.0628. The highest BCUT2D eigenvalue weighted by atomic mass is 16.2. The molecule has 0 atom stereocenters. The van der Waals surface area contributed by atoms with Crippen LogP contribution in [0.5, 0.6) is 0 Å². The van der Waals surface area contributed by atoms with E-state index < -0.39 is 0 Å². The molecule has 7 nitrogen and oxygen atoms in total. The molecule has 2 amide bonds. The van der Waals surface area contributed by atoms with Crippen LogP contribution in [0.25, 0.3) is 10.9 Å². The Bertz CT molecular complexity index is 1270. The molecule has 0 aliphatic rings. The molecule has 0 saturated carbocycles. The molecule has 0 saturated heterocycles. The fraction of sp³-hybridized carbons (Fsp3) is 0.0435. The third-order valence-corrected chi connectivity index (χ3v) is 4.51. The largest absolute Gasteiger partial charge is 0.324 e. The maximum Gasteiger partial charge on any atom is 0.256 e. The number of carbonyl (C=O) groups is 2. The number of hydrogen-bond donors (Lipinski definition) is 3. The number of benzene rings is 2. The van der Waals surface area contributed by atoms with Crippen molar-refractivity contribution in [1.82, 2.24) is 9.97 Å². The summed E-state index contributed by atoms with van der Waals surface area (Å²) in [6, 6.07) is 21.1. The van der Waals surface area contributed by atoms with E-state index in [0.29, 0.717) is 22.6 Å². The number of para-hydroxylation sites is 1. The van der Waals surface area contributed by atoms with Crippen LogP contribution in [-0.4, -0.2) is 21.8 Å². The fourth-order valence-electron chi connectivity index (χ4n) is 3.02. The summed E-state index contributed by atoms with van der Waals surface area (Å²) in [7, 11) is 0. The lowest BCUT2D eigenvalue weighted by Gasteiger charge is -2.08. The zero-order valence-electron chi connectivity index (χ0n) is 15.9. The number of H-pyrrole nitrogens is 1. The number of hydrogen-bond acceptors (Lipinski definition) is 4. The number of carbonyl (C=O) groups excluding carboxylic acids is 2. The number of fused-ring (bicyclic) bond motifs is 1. The molecule has 0 aliphatic carbocycles. The first-order chi connectivity index (χ1) is 14.6. The Labute approximate surface area is 171 Å². The molecule has 2 aromatic carbocycles. The normalized spacial score (nSPS) is 10.5. The Kier molecular flexibility index (Phi) is 5.34. The van der Waals surface area contributed by atoms with Crippen molar-refractivity contribution >= 4 is 34.2 Å². The molecule has 2 aromatic heterocycles. The smallest absolute Gasteiger partial charge is 0.256 e. The lowest BCUT2D eigenvalue weighted by Crippen LogP contribution is -2.21. The van der Waals surface area contributed by atoms with E-state index in [1.54, 1.807) is 42.5 Å². The second-order valence-corrected chi connectivity index (χ2v) is 6.69. The molecule has 0 radical (unpaired) electrons. The summed E-state index contributed by atoms with van der Waals surface area (Å²) < 4.78 is 0. The summed E-state index contributed by atoms with van der Waals surface area (Å²) >= 11 is 0. The number of amides is 2. The van der Waals surface area contributed by atoms with Crippen LogP contribution in [-0.2, 0) is 11.2 Å². The fourth-order valence-corrected chi connectivity index (χ4v) is 3.02. The van der Waals surface area contributed by atoms with Gasteiger partial charge in [-0.25, -0.2) is 4.98 Å². The van der Waals surface area contributed by atoms with Gasteiger partial charge in [-0.1, -0.05) is 36.4 Å². The Morgan fingerprint density at radius 3 is 2.43 bits per heavy atom. The molecule has 3 N–H and O–H groups in total. The van der Waals surface area contributed by atoms with E-state index in [4.69, 9.17) is 0 Å². The molecule has 0 bridgehead atoms. The monoisotopic (exact) mass is 398 g/mol.